The lowest BCUT2D eigenvalue weighted by Gasteiger charge is -2.19. The van der Waals surface area contributed by atoms with Gasteiger partial charge in [0.1, 0.15) is 25.6 Å². The van der Waals surface area contributed by atoms with Crippen molar-refractivity contribution in [1.29, 1.82) is 0 Å². The highest BCUT2D eigenvalue weighted by atomic mass is 35.5. The second-order valence-corrected chi connectivity index (χ2v) is 9.61. The summed E-state index contributed by atoms with van der Waals surface area (Å²) in [5, 5.41) is 1.39. The van der Waals surface area contributed by atoms with E-state index < -0.39 is 49.2 Å². The van der Waals surface area contributed by atoms with Gasteiger partial charge in [0.2, 0.25) is 6.29 Å². The lowest BCUT2D eigenvalue weighted by Crippen LogP contribution is -2.38. The molecule has 1 unspecified atom stereocenters. The molecule has 40 heavy (non-hydrogen) atoms. The molecule has 1 aliphatic rings. The number of hydrogen-bond donors (Lipinski definition) is 1. The summed E-state index contributed by atoms with van der Waals surface area (Å²) >= 11 is 7.06. The predicted molar refractivity (Wildman–Crippen MR) is 143 cm³/mol. The van der Waals surface area contributed by atoms with Crippen LogP contribution < -0.4 is 10.6 Å². The average molecular weight is 589 g/mol. The van der Waals surface area contributed by atoms with Crippen molar-refractivity contribution in [3.63, 3.8) is 0 Å². The fourth-order valence-corrected chi connectivity index (χ4v) is 4.63. The molecule has 0 fully saturated rings. The quantitative estimate of drug-likeness (QED) is 0.158. The minimum Gasteiger partial charge on any atom is -0.459 e. The minimum atomic E-state index is -1.26. The van der Waals surface area contributed by atoms with E-state index in [4.69, 9.17) is 36.3 Å². The smallest absolute Gasteiger partial charge is 0.335 e. The molecule has 0 radical (unpaired) electrons. The van der Waals surface area contributed by atoms with Gasteiger partial charge in [0.05, 0.1) is 21.2 Å². The summed E-state index contributed by atoms with van der Waals surface area (Å²) in [5.74, 6) is -3.31. The number of imide groups is 1. The van der Waals surface area contributed by atoms with Crippen LogP contribution in [0.1, 0.15) is 22.9 Å². The molecule has 4 rings (SSSR count). The number of benzene rings is 2. The first kappa shape index (κ1) is 28.7. The number of thiophene rings is 1. The number of amides is 3. The molecule has 1 atom stereocenters. The first-order chi connectivity index (χ1) is 19.2. The monoisotopic (exact) mass is 588 g/mol. The number of carbonyl (C=O) groups excluding carboxylic acids is 4. The van der Waals surface area contributed by atoms with Crippen molar-refractivity contribution in [1.82, 2.24) is 0 Å². The van der Waals surface area contributed by atoms with E-state index >= 15 is 0 Å². The summed E-state index contributed by atoms with van der Waals surface area (Å²) in [7, 11) is 0. The van der Waals surface area contributed by atoms with Gasteiger partial charge < -0.3 is 24.7 Å². The zero-order valence-electron chi connectivity index (χ0n) is 20.9. The number of anilines is 1. The predicted octanol–water partition coefficient (Wildman–Crippen LogP) is 4.50. The fourth-order valence-electron chi connectivity index (χ4n) is 3.75. The molecule has 2 aromatic carbocycles. The molecular formula is C27H22ClFN2O8S. The van der Waals surface area contributed by atoms with Crippen molar-refractivity contribution < 1.29 is 42.5 Å². The molecule has 10 nitrogen and oxygen atoms in total. The van der Waals surface area contributed by atoms with Crippen molar-refractivity contribution >= 4 is 63.8 Å². The van der Waals surface area contributed by atoms with Crippen molar-refractivity contribution in [2.24, 2.45) is 5.73 Å². The molecule has 0 saturated carbocycles. The first-order valence-electron chi connectivity index (χ1n) is 11.7. The maximum atomic E-state index is 14.4. The van der Waals surface area contributed by atoms with Crippen LogP contribution in [0, 0.1) is 5.82 Å². The second kappa shape index (κ2) is 12.7. The summed E-state index contributed by atoms with van der Waals surface area (Å²) in [6, 6.07) is 13.3. The maximum Gasteiger partial charge on any atom is 0.335 e. The van der Waals surface area contributed by atoms with Gasteiger partial charge in [-0.05, 0) is 29.1 Å². The number of nitrogens with two attached hydrogens (primary N) is 1. The largest absolute Gasteiger partial charge is 0.459 e. The van der Waals surface area contributed by atoms with E-state index in [1.54, 1.807) is 29.6 Å². The Morgan fingerprint density at radius 2 is 1.77 bits per heavy atom. The van der Waals surface area contributed by atoms with Gasteiger partial charge in [0.25, 0.3) is 5.91 Å². The molecule has 2 N–H and O–H groups in total. The zero-order valence-corrected chi connectivity index (χ0v) is 22.5. The lowest BCUT2D eigenvalue weighted by atomic mass is 10.0. The number of nitrogens with zero attached hydrogens (tertiary/aromatic N) is 1. The van der Waals surface area contributed by atoms with E-state index in [-0.39, 0.29) is 34.2 Å². The zero-order chi connectivity index (χ0) is 28.8. The van der Waals surface area contributed by atoms with Crippen molar-refractivity contribution in [3.05, 3.63) is 86.8 Å². The number of fused-ring (bicyclic) bond motifs is 1. The Kier molecular flexibility index (Phi) is 9.15. The van der Waals surface area contributed by atoms with Gasteiger partial charge in [-0.15, -0.1) is 11.3 Å². The number of halogens is 2. The Bertz CT molecular complexity index is 1460. The summed E-state index contributed by atoms with van der Waals surface area (Å²) in [4.78, 5) is 50.6. The van der Waals surface area contributed by atoms with Gasteiger partial charge >= 0.3 is 18.0 Å². The Labute approximate surface area is 236 Å². The Balaban J connectivity index is 1.44. The highest BCUT2D eigenvalue weighted by Gasteiger charge is 2.40. The third-order valence-electron chi connectivity index (χ3n) is 5.42. The van der Waals surface area contributed by atoms with E-state index in [9.17, 15) is 23.6 Å². The van der Waals surface area contributed by atoms with Gasteiger partial charge in [-0.1, -0.05) is 48.0 Å². The Morgan fingerprint density at radius 1 is 1.05 bits per heavy atom. The molecule has 1 aromatic heterocycles. The molecule has 0 saturated heterocycles. The van der Waals surface area contributed by atoms with Gasteiger partial charge in [-0.25, -0.2) is 23.7 Å². The third-order valence-corrected chi connectivity index (χ3v) is 6.58. The van der Waals surface area contributed by atoms with E-state index in [1.807, 2.05) is 18.2 Å². The van der Waals surface area contributed by atoms with Crippen molar-refractivity contribution in [2.75, 3.05) is 18.1 Å². The molecule has 3 amide bonds. The second-order valence-electron chi connectivity index (χ2n) is 8.26. The molecule has 13 heteroatoms. The number of hydrogen-bond acceptors (Lipinski definition) is 9. The normalized spacial score (nSPS) is 14.4. The average Bonchev–Trinajstić information content (AvgIpc) is 3.53. The van der Waals surface area contributed by atoms with Gasteiger partial charge in [0.15, 0.2) is 5.76 Å². The molecule has 3 aromatic rings. The molecule has 208 valence electrons. The number of esters is 2. The molecule has 0 spiro atoms. The van der Waals surface area contributed by atoms with E-state index in [2.05, 4.69) is 0 Å². The molecule has 0 aliphatic carbocycles. The maximum absolute atomic E-state index is 14.4. The standard InChI is InChI=1S/C27H22ClFN2O8S/c1-15(38-23(33)14-36-13-22(32)37-12-16-6-3-2-4-7-16)39-25(21-8-5-9-40-21)24-17-10-19(29)18(28)11-20(17)31(26(24)34)27(30)35/h2-11,15H,12-14H2,1H3,(H2,30,35). The van der Waals surface area contributed by atoms with Crippen LogP contribution in [-0.2, 0) is 39.9 Å². The molecule has 1 aliphatic heterocycles. The van der Waals surface area contributed by atoms with Gasteiger partial charge in [0, 0.05) is 12.5 Å². The number of carbonyl (C=O) groups is 4. The van der Waals surface area contributed by atoms with Gasteiger partial charge in [-0.2, -0.15) is 0 Å². The van der Waals surface area contributed by atoms with E-state index in [0.29, 0.717) is 9.78 Å². The highest BCUT2D eigenvalue weighted by Crippen LogP contribution is 2.44. The van der Waals surface area contributed by atoms with Crippen LogP contribution in [0.15, 0.2) is 60.0 Å². The minimum absolute atomic E-state index is 0.0185. The van der Waals surface area contributed by atoms with Gasteiger partial charge in [-0.3, -0.25) is 4.79 Å². The van der Waals surface area contributed by atoms with Crippen molar-refractivity contribution in [3.8, 4) is 0 Å². The highest BCUT2D eigenvalue weighted by molar-refractivity contribution is 7.11. The Morgan fingerprint density at radius 3 is 2.45 bits per heavy atom. The number of urea groups is 1. The summed E-state index contributed by atoms with van der Waals surface area (Å²) in [6.07, 6.45) is -1.26. The third kappa shape index (κ3) is 6.65. The molecule has 2 heterocycles. The summed E-state index contributed by atoms with van der Waals surface area (Å²) in [6.45, 7) is 0.377. The van der Waals surface area contributed by atoms with Crippen molar-refractivity contribution in [2.45, 2.75) is 19.8 Å². The van der Waals surface area contributed by atoms with Crippen LogP contribution in [0.5, 0.6) is 0 Å². The Hall–Kier alpha value is -4.26. The van der Waals surface area contributed by atoms with E-state index in [1.165, 1.54) is 18.3 Å². The SMILES string of the molecule is CC(OC(=O)COCC(=O)OCc1ccccc1)OC(=C1C(=O)N(C(N)=O)c2cc(Cl)c(F)cc21)c1cccs1. The summed E-state index contributed by atoms with van der Waals surface area (Å²) < 4.78 is 35.6. The van der Waals surface area contributed by atoms with Crippen LogP contribution in [0.25, 0.3) is 11.3 Å². The van der Waals surface area contributed by atoms with E-state index in [0.717, 1.165) is 17.7 Å². The fraction of sp³-hybridized carbons (Fsp3) is 0.185. The topological polar surface area (TPSA) is 134 Å². The first-order valence-corrected chi connectivity index (χ1v) is 13.0. The number of rotatable bonds is 10. The summed E-state index contributed by atoms with van der Waals surface area (Å²) in [5.41, 5.74) is 6.03. The lowest BCUT2D eigenvalue weighted by molar-refractivity contribution is -0.170. The molecule has 0 bridgehead atoms. The number of primary amides is 1. The van der Waals surface area contributed by atoms with Crippen LogP contribution in [0.2, 0.25) is 5.02 Å². The van der Waals surface area contributed by atoms with Crippen LogP contribution in [0.3, 0.4) is 0 Å². The van der Waals surface area contributed by atoms with Crippen LogP contribution >= 0.6 is 22.9 Å². The number of ether oxygens (including phenoxy) is 4. The van der Waals surface area contributed by atoms with Crippen LogP contribution in [-0.4, -0.2) is 43.4 Å². The van der Waals surface area contributed by atoms with Crippen LogP contribution in [0.4, 0.5) is 14.9 Å². The molecular weight excluding hydrogens is 567 g/mol.